The van der Waals surface area contributed by atoms with Gasteiger partial charge in [-0.25, -0.2) is 17.8 Å². The topological polar surface area (TPSA) is 86.1 Å². The molecule has 3 rings (SSSR count). The molecule has 0 spiro atoms. The fourth-order valence-corrected chi connectivity index (χ4v) is 4.60. The lowest BCUT2D eigenvalue weighted by molar-refractivity contribution is 0.253. The first-order valence-corrected chi connectivity index (χ1v) is 8.53. The summed E-state index contributed by atoms with van der Waals surface area (Å²) in [4.78, 5) is 0. The van der Waals surface area contributed by atoms with Crippen molar-refractivity contribution in [2.75, 3.05) is 6.61 Å². The van der Waals surface area contributed by atoms with Crippen LogP contribution < -0.4 is 9.46 Å². The third-order valence-corrected chi connectivity index (χ3v) is 5.60. The van der Waals surface area contributed by atoms with E-state index in [1.165, 1.54) is 11.7 Å². The molecule has 1 atom stereocenters. The molecule has 0 aliphatic carbocycles. The normalized spacial score (nSPS) is 18.1. The molecule has 2 aromatic rings. The number of aryl methyl sites for hydroxylation is 1. The Morgan fingerprint density at radius 1 is 1.43 bits per heavy atom. The lowest BCUT2D eigenvalue weighted by Crippen LogP contribution is -2.43. The number of sulfonamides is 1. The predicted molar refractivity (Wildman–Crippen MR) is 78.5 cm³/mol. The van der Waals surface area contributed by atoms with Crippen LogP contribution in [0.5, 0.6) is 5.75 Å². The second-order valence-corrected chi connectivity index (χ2v) is 7.13. The zero-order valence-corrected chi connectivity index (χ0v) is 13.6. The standard InChI is InChI=1S/C12H13BrN4O3S/c1-17-12(11(13)14-16-17)21(18,19)15-9-6-8-4-2-3-5-10(8)20-7-9/h2-5,9,15H,6-7H2,1H3/t9-/m0/s1. The van der Waals surface area contributed by atoms with Crippen molar-refractivity contribution in [3.8, 4) is 5.75 Å². The molecule has 1 N–H and O–H groups in total. The van der Waals surface area contributed by atoms with Crippen LogP contribution in [0.3, 0.4) is 0 Å². The molecule has 0 saturated heterocycles. The molecule has 1 aromatic heterocycles. The number of hydrogen-bond acceptors (Lipinski definition) is 5. The number of para-hydroxylation sites is 1. The molecule has 2 heterocycles. The van der Waals surface area contributed by atoms with E-state index in [1.807, 2.05) is 24.3 Å². The highest BCUT2D eigenvalue weighted by atomic mass is 79.9. The molecule has 21 heavy (non-hydrogen) atoms. The molecule has 0 saturated carbocycles. The number of rotatable bonds is 3. The minimum atomic E-state index is -3.72. The van der Waals surface area contributed by atoms with Crippen LogP contribution in [-0.2, 0) is 23.5 Å². The van der Waals surface area contributed by atoms with Gasteiger partial charge >= 0.3 is 0 Å². The Morgan fingerprint density at radius 3 is 2.90 bits per heavy atom. The fourth-order valence-electron chi connectivity index (χ4n) is 2.29. The van der Waals surface area contributed by atoms with Crippen LogP contribution in [0.2, 0.25) is 0 Å². The maximum Gasteiger partial charge on any atom is 0.260 e. The average molecular weight is 373 g/mol. The minimum absolute atomic E-state index is 0.00126. The summed E-state index contributed by atoms with van der Waals surface area (Å²) in [7, 11) is -2.19. The minimum Gasteiger partial charge on any atom is -0.492 e. The van der Waals surface area contributed by atoms with Gasteiger partial charge in [0.05, 0.1) is 6.04 Å². The van der Waals surface area contributed by atoms with Gasteiger partial charge in [-0.15, -0.1) is 5.10 Å². The Labute approximate surface area is 130 Å². The molecule has 7 nitrogen and oxygen atoms in total. The molecule has 0 amide bonds. The highest BCUT2D eigenvalue weighted by Gasteiger charge is 2.29. The zero-order valence-electron chi connectivity index (χ0n) is 11.2. The maximum absolute atomic E-state index is 12.4. The van der Waals surface area contributed by atoms with Crippen molar-refractivity contribution >= 4 is 26.0 Å². The van der Waals surface area contributed by atoms with E-state index in [0.29, 0.717) is 13.0 Å². The quantitative estimate of drug-likeness (QED) is 0.863. The van der Waals surface area contributed by atoms with E-state index in [0.717, 1.165) is 11.3 Å². The molecule has 9 heteroatoms. The number of nitrogens with one attached hydrogen (secondary N) is 1. The van der Waals surface area contributed by atoms with Crippen molar-refractivity contribution in [3.05, 3.63) is 34.4 Å². The van der Waals surface area contributed by atoms with E-state index >= 15 is 0 Å². The molecule has 112 valence electrons. The first-order valence-electron chi connectivity index (χ1n) is 6.25. The number of nitrogens with zero attached hydrogens (tertiary/aromatic N) is 3. The summed E-state index contributed by atoms with van der Waals surface area (Å²) in [6, 6.07) is 7.27. The van der Waals surface area contributed by atoms with Gasteiger partial charge in [0, 0.05) is 7.05 Å². The third-order valence-electron chi connectivity index (χ3n) is 3.19. The second kappa shape index (κ2) is 5.39. The summed E-state index contributed by atoms with van der Waals surface area (Å²) in [5, 5.41) is 7.37. The summed E-state index contributed by atoms with van der Waals surface area (Å²) < 4.78 is 34.5. The van der Waals surface area contributed by atoms with Crippen molar-refractivity contribution in [2.45, 2.75) is 17.5 Å². The third kappa shape index (κ3) is 2.81. The van der Waals surface area contributed by atoms with Crippen LogP contribution >= 0.6 is 15.9 Å². The van der Waals surface area contributed by atoms with Crippen molar-refractivity contribution in [3.63, 3.8) is 0 Å². The number of benzene rings is 1. The lowest BCUT2D eigenvalue weighted by Gasteiger charge is -2.25. The smallest absolute Gasteiger partial charge is 0.260 e. The van der Waals surface area contributed by atoms with Crippen molar-refractivity contribution < 1.29 is 13.2 Å². The van der Waals surface area contributed by atoms with Crippen LogP contribution in [0.1, 0.15) is 5.56 Å². The number of ether oxygens (including phenoxy) is 1. The Bertz CT molecular complexity index is 755. The summed E-state index contributed by atoms with van der Waals surface area (Å²) in [5.74, 6) is 0.802. The first-order chi connectivity index (χ1) is 9.97. The van der Waals surface area contributed by atoms with Crippen molar-refractivity contribution in [2.24, 2.45) is 7.05 Å². The van der Waals surface area contributed by atoms with Gasteiger partial charge < -0.3 is 4.74 Å². The Hall–Kier alpha value is -1.45. The molecule has 0 radical (unpaired) electrons. The van der Waals surface area contributed by atoms with Gasteiger partial charge in [0.1, 0.15) is 12.4 Å². The van der Waals surface area contributed by atoms with Crippen molar-refractivity contribution in [1.29, 1.82) is 0 Å². The predicted octanol–water partition coefficient (Wildman–Crippen LogP) is 0.860. The molecular weight excluding hydrogens is 360 g/mol. The van der Waals surface area contributed by atoms with Gasteiger partial charge in [-0.1, -0.05) is 23.4 Å². The highest BCUT2D eigenvalue weighted by molar-refractivity contribution is 9.10. The molecule has 1 aromatic carbocycles. The zero-order chi connectivity index (χ0) is 15.0. The summed E-state index contributed by atoms with van der Waals surface area (Å²) in [6.07, 6.45) is 0.582. The van der Waals surface area contributed by atoms with Crippen LogP contribution in [0.25, 0.3) is 0 Å². The number of hydrogen-bond donors (Lipinski definition) is 1. The van der Waals surface area contributed by atoms with E-state index in [2.05, 4.69) is 31.0 Å². The van der Waals surface area contributed by atoms with Gasteiger partial charge in [0.25, 0.3) is 10.0 Å². The second-order valence-electron chi connectivity index (χ2n) is 4.75. The van der Waals surface area contributed by atoms with E-state index in [4.69, 9.17) is 4.74 Å². The lowest BCUT2D eigenvalue weighted by atomic mass is 10.0. The SMILES string of the molecule is Cn1nnc(Br)c1S(=O)(=O)N[C@@H]1COc2ccccc2C1. The monoisotopic (exact) mass is 372 g/mol. The van der Waals surface area contributed by atoms with Gasteiger partial charge in [-0.3, -0.25) is 0 Å². The fraction of sp³-hybridized carbons (Fsp3) is 0.333. The highest BCUT2D eigenvalue weighted by Crippen LogP contribution is 2.25. The Balaban J connectivity index is 1.82. The Kier molecular flexibility index (Phi) is 3.72. The van der Waals surface area contributed by atoms with Gasteiger partial charge in [-0.2, -0.15) is 0 Å². The van der Waals surface area contributed by atoms with E-state index in [1.54, 1.807) is 0 Å². The number of halogens is 1. The largest absolute Gasteiger partial charge is 0.492 e. The van der Waals surface area contributed by atoms with Gasteiger partial charge in [0.15, 0.2) is 4.60 Å². The van der Waals surface area contributed by atoms with Crippen molar-refractivity contribution in [1.82, 2.24) is 19.7 Å². The van der Waals surface area contributed by atoms with Crippen LogP contribution in [0.4, 0.5) is 0 Å². The number of fused-ring (bicyclic) bond motifs is 1. The molecule has 0 bridgehead atoms. The van der Waals surface area contributed by atoms with E-state index in [9.17, 15) is 8.42 Å². The molecule has 1 aliphatic rings. The van der Waals surface area contributed by atoms with Crippen LogP contribution in [0.15, 0.2) is 33.9 Å². The van der Waals surface area contributed by atoms with E-state index in [-0.39, 0.29) is 15.7 Å². The maximum atomic E-state index is 12.4. The first kappa shape index (κ1) is 14.5. The molecule has 1 aliphatic heterocycles. The summed E-state index contributed by atoms with van der Waals surface area (Å²) in [5.41, 5.74) is 0.985. The summed E-state index contributed by atoms with van der Waals surface area (Å²) in [6.45, 7) is 0.291. The van der Waals surface area contributed by atoms with Gasteiger partial charge in [0.2, 0.25) is 5.03 Å². The summed E-state index contributed by atoms with van der Waals surface area (Å²) >= 11 is 3.10. The van der Waals surface area contributed by atoms with Gasteiger partial charge in [-0.05, 0) is 34.0 Å². The number of aromatic nitrogens is 3. The Morgan fingerprint density at radius 2 is 2.19 bits per heavy atom. The van der Waals surface area contributed by atoms with E-state index < -0.39 is 10.0 Å². The molecule has 0 unspecified atom stereocenters. The van der Waals surface area contributed by atoms with Crippen LogP contribution in [-0.4, -0.2) is 36.1 Å². The molecule has 0 fully saturated rings. The van der Waals surface area contributed by atoms with Crippen LogP contribution in [0, 0.1) is 0 Å². The molecular formula is C12H13BrN4O3S. The average Bonchev–Trinajstić information content (AvgIpc) is 2.78.